The van der Waals surface area contributed by atoms with Crippen molar-refractivity contribution >= 4 is 43.9 Å². The predicted octanol–water partition coefficient (Wildman–Crippen LogP) is 1.24. The van der Waals surface area contributed by atoms with Crippen LogP contribution in [0.4, 0.5) is 5.69 Å². The molecule has 3 rings (SSSR count). The SMILES string of the molecule is COC(=O)Cn1cc(S(=O)(=O)Nc2cccc3c(C#N)c[nH]c23)sc1=O. The summed E-state index contributed by atoms with van der Waals surface area (Å²) in [5, 5.41) is 9.64. The first-order valence-electron chi connectivity index (χ1n) is 7.16. The van der Waals surface area contributed by atoms with Crippen molar-refractivity contribution in [3.05, 3.63) is 45.8 Å². The van der Waals surface area contributed by atoms with E-state index in [1.165, 1.54) is 19.4 Å². The molecule has 134 valence electrons. The molecule has 1 aromatic carbocycles. The average molecular weight is 392 g/mol. The summed E-state index contributed by atoms with van der Waals surface area (Å²) in [6.07, 6.45) is 2.56. The van der Waals surface area contributed by atoms with Gasteiger partial charge in [-0.05, 0) is 6.07 Å². The summed E-state index contributed by atoms with van der Waals surface area (Å²) in [7, 11) is -2.88. The second-order valence-electron chi connectivity index (χ2n) is 5.17. The molecule has 0 saturated heterocycles. The van der Waals surface area contributed by atoms with E-state index in [1.807, 2.05) is 6.07 Å². The zero-order valence-corrected chi connectivity index (χ0v) is 15.0. The van der Waals surface area contributed by atoms with Crippen molar-refractivity contribution in [3.63, 3.8) is 0 Å². The van der Waals surface area contributed by atoms with Crippen molar-refractivity contribution in [2.75, 3.05) is 11.8 Å². The number of carbonyl (C=O) groups is 1. The number of sulfonamides is 1. The highest BCUT2D eigenvalue weighted by molar-refractivity contribution is 7.94. The molecule has 0 aliphatic heterocycles. The van der Waals surface area contributed by atoms with Crippen LogP contribution in [0.15, 0.2) is 39.6 Å². The van der Waals surface area contributed by atoms with Crippen LogP contribution in [0.3, 0.4) is 0 Å². The molecule has 26 heavy (non-hydrogen) atoms. The van der Waals surface area contributed by atoms with Gasteiger partial charge in [0.1, 0.15) is 12.6 Å². The maximum Gasteiger partial charge on any atom is 0.325 e. The Morgan fingerprint density at radius 1 is 1.46 bits per heavy atom. The number of anilines is 1. The number of aromatic nitrogens is 2. The summed E-state index contributed by atoms with van der Waals surface area (Å²) in [4.78, 5) is 25.4. The van der Waals surface area contributed by atoms with Gasteiger partial charge in [0.15, 0.2) is 4.21 Å². The summed E-state index contributed by atoms with van der Waals surface area (Å²) in [6.45, 7) is -0.376. The van der Waals surface area contributed by atoms with E-state index in [-0.39, 0.29) is 16.4 Å². The third kappa shape index (κ3) is 3.19. The lowest BCUT2D eigenvalue weighted by molar-refractivity contribution is -0.141. The molecule has 0 spiro atoms. The Balaban J connectivity index is 1.97. The molecule has 0 bridgehead atoms. The fourth-order valence-corrected chi connectivity index (χ4v) is 4.51. The molecule has 11 heteroatoms. The molecular weight excluding hydrogens is 380 g/mol. The number of para-hydroxylation sites is 1. The first-order valence-corrected chi connectivity index (χ1v) is 9.46. The number of esters is 1. The first kappa shape index (κ1) is 17.7. The van der Waals surface area contributed by atoms with Gasteiger partial charge in [-0.2, -0.15) is 5.26 Å². The van der Waals surface area contributed by atoms with Gasteiger partial charge < -0.3 is 9.72 Å². The molecule has 0 aliphatic carbocycles. The molecule has 0 fully saturated rings. The molecule has 0 radical (unpaired) electrons. The summed E-state index contributed by atoms with van der Waals surface area (Å²) < 4.78 is 32.8. The Labute approximate surface area is 151 Å². The third-order valence-electron chi connectivity index (χ3n) is 3.56. The average Bonchev–Trinajstić information content (AvgIpc) is 3.19. The van der Waals surface area contributed by atoms with Gasteiger partial charge in [0.05, 0.1) is 23.9 Å². The zero-order valence-electron chi connectivity index (χ0n) is 13.3. The van der Waals surface area contributed by atoms with Crippen molar-refractivity contribution in [1.29, 1.82) is 5.26 Å². The lowest BCUT2D eigenvalue weighted by atomic mass is 10.2. The number of rotatable bonds is 5. The zero-order chi connectivity index (χ0) is 18.9. The third-order valence-corrected chi connectivity index (χ3v) is 6.30. The quantitative estimate of drug-likeness (QED) is 0.627. The van der Waals surface area contributed by atoms with Crippen LogP contribution in [0.2, 0.25) is 0 Å². The minimum absolute atomic E-state index is 0.240. The number of benzene rings is 1. The van der Waals surface area contributed by atoms with Gasteiger partial charge in [0.2, 0.25) is 0 Å². The number of aromatic amines is 1. The minimum atomic E-state index is -4.05. The number of thiazole rings is 1. The Morgan fingerprint density at radius 3 is 2.92 bits per heavy atom. The highest BCUT2D eigenvalue weighted by Crippen LogP contribution is 2.27. The first-order chi connectivity index (χ1) is 12.4. The fraction of sp³-hybridized carbons (Fsp3) is 0.133. The van der Waals surface area contributed by atoms with E-state index < -0.39 is 20.9 Å². The van der Waals surface area contributed by atoms with Gasteiger partial charge >= 0.3 is 10.8 Å². The second kappa shape index (κ2) is 6.66. The highest BCUT2D eigenvalue weighted by atomic mass is 32.2. The van der Waals surface area contributed by atoms with Crippen LogP contribution in [0.1, 0.15) is 5.56 Å². The molecule has 2 heterocycles. The number of nitriles is 1. The summed E-state index contributed by atoms with van der Waals surface area (Å²) in [6, 6.07) is 6.84. The largest absolute Gasteiger partial charge is 0.468 e. The van der Waals surface area contributed by atoms with E-state index in [9.17, 15) is 18.0 Å². The Kier molecular flexibility index (Phi) is 4.54. The number of carbonyl (C=O) groups excluding carboxylic acids is 1. The van der Waals surface area contributed by atoms with Gasteiger partial charge in [-0.1, -0.05) is 23.5 Å². The van der Waals surface area contributed by atoms with E-state index in [0.717, 1.165) is 10.8 Å². The molecule has 0 unspecified atom stereocenters. The smallest absolute Gasteiger partial charge is 0.325 e. The number of hydrogen-bond acceptors (Lipinski definition) is 7. The standard InChI is InChI=1S/C15H12N4O5S2/c1-24-12(20)7-19-8-13(25-15(19)21)26(22,23)18-11-4-2-3-10-9(5-16)6-17-14(10)11/h2-4,6,8,17-18H,7H2,1H3. The van der Waals surface area contributed by atoms with E-state index in [0.29, 0.717) is 27.8 Å². The lowest BCUT2D eigenvalue weighted by Crippen LogP contribution is -2.19. The predicted molar refractivity (Wildman–Crippen MR) is 94.4 cm³/mol. The van der Waals surface area contributed by atoms with Crippen molar-refractivity contribution in [2.24, 2.45) is 0 Å². The molecule has 0 saturated carbocycles. The molecule has 0 amide bonds. The van der Waals surface area contributed by atoms with Crippen LogP contribution < -0.4 is 9.60 Å². The number of hydrogen-bond donors (Lipinski definition) is 2. The number of H-pyrrole nitrogens is 1. The van der Waals surface area contributed by atoms with E-state index in [1.54, 1.807) is 12.1 Å². The summed E-state index contributed by atoms with van der Waals surface area (Å²) >= 11 is 0.495. The summed E-state index contributed by atoms with van der Waals surface area (Å²) in [5.74, 6) is -0.665. The Bertz CT molecular complexity index is 1200. The van der Waals surface area contributed by atoms with Gasteiger partial charge in [0.25, 0.3) is 10.0 Å². The fourth-order valence-electron chi connectivity index (χ4n) is 2.32. The highest BCUT2D eigenvalue weighted by Gasteiger charge is 2.21. The van der Waals surface area contributed by atoms with Gasteiger partial charge in [0, 0.05) is 17.8 Å². The van der Waals surface area contributed by atoms with Gasteiger partial charge in [-0.25, -0.2) is 8.42 Å². The molecular formula is C15H12N4O5S2. The van der Waals surface area contributed by atoms with Crippen molar-refractivity contribution in [2.45, 2.75) is 10.8 Å². The molecule has 2 aromatic heterocycles. The van der Waals surface area contributed by atoms with Crippen LogP contribution >= 0.6 is 11.3 Å². The maximum atomic E-state index is 12.6. The lowest BCUT2D eigenvalue weighted by Gasteiger charge is -2.07. The van der Waals surface area contributed by atoms with E-state index in [2.05, 4.69) is 14.4 Å². The Morgan fingerprint density at radius 2 is 2.23 bits per heavy atom. The molecule has 0 atom stereocenters. The number of ether oxygens (including phenoxy) is 1. The van der Waals surface area contributed by atoms with E-state index in [4.69, 9.17) is 5.26 Å². The van der Waals surface area contributed by atoms with Crippen LogP contribution in [0.25, 0.3) is 10.9 Å². The normalized spacial score (nSPS) is 11.2. The number of methoxy groups -OCH3 is 1. The number of nitrogens with zero attached hydrogens (tertiary/aromatic N) is 2. The van der Waals surface area contributed by atoms with Crippen molar-refractivity contribution < 1.29 is 17.9 Å². The topological polar surface area (TPSA) is 134 Å². The monoisotopic (exact) mass is 392 g/mol. The number of fused-ring (bicyclic) bond motifs is 1. The van der Waals surface area contributed by atoms with Crippen LogP contribution in [-0.2, 0) is 26.1 Å². The van der Waals surface area contributed by atoms with E-state index >= 15 is 0 Å². The van der Waals surface area contributed by atoms with Crippen LogP contribution in [0.5, 0.6) is 0 Å². The molecule has 2 N–H and O–H groups in total. The van der Waals surface area contributed by atoms with Gasteiger partial charge in [-0.15, -0.1) is 0 Å². The Hall–Kier alpha value is -3.10. The van der Waals surface area contributed by atoms with Gasteiger partial charge in [-0.3, -0.25) is 18.9 Å². The van der Waals surface area contributed by atoms with Crippen molar-refractivity contribution in [3.8, 4) is 6.07 Å². The molecule has 9 nitrogen and oxygen atoms in total. The maximum absolute atomic E-state index is 12.6. The summed E-state index contributed by atoms with van der Waals surface area (Å²) in [5.41, 5.74) is 1.08. The van der Waals surface area contributed by atoms with Crippen LogP contribution in [-0.4, -0.2) is 31.0 Å². The number of nitrogens with one attached hydrogen (secondary N) is 2. The minimum Gasteiger partial charge on any atom is -0.468 e. The molecule has 0 aliphatic rings. The van der Waals surface area contributed by atoms with Crippen molar-refractivity contribution in [1.82, 2.24) is 9.55 Å². The molecule has 3 aromatic rings. The van der Waals surface area contributed by atoms with Crippen LogP contribution in [0, 0.1) is 11.3 Å². The second-order valence-corrected chi connectivity index (χ2v) is 8.07.